The van der Waals surface area contributed by atoms with Crippen LogP contribution in [0.15, 0.2) is 246 Å². The van der Waals surface area contributed by atoms with Gasteiger partial charge in [0.25, 0.3) is 0 Å². The van der Waals surface area contributed by atoms with Crippen molar-refractivity contribution in [3.8, 4) is 22.3 Å². The van der Waals surface area contributed by atoms with Crippen molar-refractivity contribution >= 4 is 22.2 Å². The largest absolute Gasteiger partial charge is 0.360 e. The van der Waals surface area contributed by atoms with Gasteiger partial charge < -0.3 is 5.32 Å². The molecule has 6 aliphatic rings. The molecule has 0 fully saturated rings. The van der Waals surface area contributed by atoms with E-state index in [1.165, 1.54) is 77.6 Å². The van der Waals surface area contributed by atoms with Crippen molar-refractivity contribution in [2.24, 2.45) is 10.9 Å². The Morgan fingerprint density at radius 2 is 1.30 bits per heavy atom. The molecule has 0 radical (unpaired) electrons. The first-order valence-corrected chi connectivity index (χ1v) is 22.4. The van der Waals surface area contributed by atoms with Crippen molar-refractivity contribution in [1.29, 1.82) is 0 Å². The van der Waals surface area contributed by atoms with Crippen molar-refractivity contribution in [3.05, 3.63) is 280 Å². The highest BCUT2D eigenvalue weighted by molar-refractivity contribution is 6.13. The molecule has 7 aromatic carbocycles. The smallest absolute Gasteiger partial charge is 0.145 e. The van der Waals surface area contributed by atoms with Gasteiger partial charge in [-0.1, -0.05) is 212 Å². The first-order valence-electron chi connectivity index (χ1n) is 22.4. The average molecular weight is 805 g/mol. The van der Waals surface area contributed by atoms with Crippen LogP contribution < -0.4 is 5.32 Å². The van der Waals surface area contributed by atoms with E-state index in [4.69, 9.17) is 4.99 Å². The van der Waals surface area contributed by atoms with Gasteiger partial charge in [-0.2, -0.15) is 0 Å². The molecular formula is C61H44N2. The number of hydrogen-bond acceptors (Lipinski definition) is 2. The summed E-state index contributed by atoms with van der Waals surface area (Å²) in [7, 11) is 0. The van der Waals surface area contributed by atoms with Crippen LogP contribution in [-0.4, -0.2) is 11.9 Å². The van der Waals surface area contributed by atoms with Gasteiger partial charge in [0.15, 0.2) is 0 Å². The van der Waals surface area contributed by atoms with Gasteiger partial charge in [0, 0.05) is 23.5 Å². The first-order chi connectivity index (χ1) is 31.3. The van der Waals surface area contributed by atoms with E-state index in [2.05, 4.69) is 230 Å². The fourth-order valence-corrected chi connectivity index (χ4v) is 11.9. The molecule has 298 valence electrons. The molecule has 5 atom stereocenters. The van der Waals surface area contributed by atoms with E-state index in [1.807, 2.05) is 0 Å². The van der Waals surface area contributed by atoms with E-state index in [-0.39, 0.29) is 18.0 Å². The molecule has 63 heavy (non-hydrogen) atoms. The van der Waals surface area contributed by atoms with Gasteiger partial charge >= 0.3 is 0 Å². The Kier molecular flexibility index (Phi) is 8.18. The quantitative estimate of drug-likeness (QED) is 0.184. The molecule has 5 aliphatic carbocycles. The molecule has 1 aliphatic heterocycles. The summed E-state index contributed by atoms with van der Waals surface area (Å²) < 4.78 is 0. The minimum absolute atomic E-state index is 0.140. The number of benzene rings is 7. The maximum Gasteiger partial charge on any atom is 0.145 e. The summed E-state index contributed by atoms with van der Waals surface area (Å²) in [6, 6.07) is 60.7. The molecule has 1 N–H and O–H groups in total. The second-order valence-corrected chi connectivity index (χ2v) is 17.7. The fraction of sp³-hybridized carbons (Fsp3) is 0.0984. The van der Waals surface area contributed by atoms with E-state index in [1.54, 1.807) is 0 Å². The Balaban J connectivity index is 0.994. The first kappa shape index (κ1) is 36.1. The van der Waals surface area contributed by atoms with Crippen LogP contribution in [-0.2, 0) is 5.41 Å². The monoisotopic (exact) mass is 804 g/mol. The normalized spacial score (nSPS) is 23.3. The van der Waals surface area contributed by atoms with Crippen LogP contribution in [0.25, 0.3) is 38.7 Å². The van der Waals surface area contributed by atoms with E-state index in [0.29, 0.717) is 5.92 Å². The van der Waals surface area contributed by atoms with Crippen LogP contribution in [0, 0.1) is 5.92 Å². The van der Waals surface area contributed by atoms with Crippen molar-refractivity contribution < 1.29 is 0 Å². The van der Waals surface area contributed by atoms with Gasteiger partial charge in [0.1, 0.15) is 6.17 Å². The summed E-state index contributed by atoms with van der Waals surface area (Å²) in [4.78, 5) is 5.42. The van der Waals surface area contributed by atoms with Crippen molar-refractivity contribution in [1.82, 2.24) is 5.32 Å². The van der Waals surface area contributed by atoms with Crippen LogP contribution in [0.3, 0.4) is 0 Å². The Labute approximate surface area is 369 Å². The highest BCUT2D eigenvalue weighted by Crippen LogP contribution is 2.67. The third-order valence-corrected chi connectivity index (χ3v) is 14.5. The summed E-state index contributed by atoms with van der Waals surface area (Å²) >= 11 is 0. The lowest BCUT2D eigenvalue weighted by molar-refractivity contribution is 0.627. The van der Waals surface area contributed by atoms with Crippen LogP contribution in [0.5, 0.6) is 0 Å². The van der Waals surface area contributed by atoms with Crippen molar-refractivity contribution in [3.63, 3.8) is 0 Å². The molecular weight excluding hydrogens is 761 g/mol. The summed E-state index contributed by atoms with van der Waals surface area (Å²) in [6.45, 7) is 0. The lowest BCUT2D eigenvalue weighted by Gasteiger charge is -2.36. The average Bonchev–Trinajstić information content (AvgIpc) is 3.82. The van der Waals surface area contributed by atoms with Crippen LogP contribution >= 0.6 is 0 Å². The molecule has 0 aromatic heterocycles. The lowest BCUT2D eigenvalue weighted by Crippen LogP contribution is -2.35. The molecule has 0 amide bonds. The maximum absolute atomic E-state index is 5.42. The number of aliphatic imine (C=N–C) groups is 1. The third-order valence-electron chi connectivity index (χ3n) is 14.5. The number of nitrogens with one attached hydrogen (secondary N) is 1. The second-order valence-electron chi connectivity index (χ2n) is 17.7. The Hall–Kier alpha value is -7.55. The Morgan fingerprint density at radius 1 is 0.556 bits per heavy atom. The predicted molar refractivity (Wildman–Crippen MR) is 261 cm³/mol. The van der Waals surface area contributed by atoms with Gasteiger partial charge in [0.2, 0.25) is 0 Å². The van der Waals surface area contributed by atoms with E-state index in [0.717, 1.165) is 29.0 Å². The highest BCUT2D eigenvalue weighted by Gasteiger charge is 2.56. The van der Waals surface area contributed by atoms with Crippen LogP contribution in [0.1, 0.15) is 57.2 Å². The number of rotatable bonds is 5. The third kappa shape index (κ3) is 5.41. The molecule has 1 heterocycles. The number of fused-ring (bicyclic) bond motifs is 12. The Morgan fingerprint density at radius 3 is 2.14 bits per heavy atom. The van der Waals surface area contributed by atoms with Gasteiger partial charge in [-0.25, -0.2) is 0 Å². The zero-order chi connectivity index (χ0) is 41.5. The van der Waals surface area contributed by atoms with Gasteiger partial charge in [-0.15, -0.1) is 0 Å². The maximum atomic E-state index is 5.42. The number of nitrogens with zero attached hydrogens (tertiary/aromatic N) is 1. The topological polar surface area (TPSA) is 24.4 Å². The van der Waals surface area contributed by atoms with E-state index < -0.39 is 5.41 Å². The van der Waals surface area contributed by atoms with Gasteiger partial charge in [0.05, 0.1) is 11.1 Å². The minimum Gasteiger partial charge on any atom is -0.360 e. The molecule has 2 heteroatoms. The predicted octanol–water partition coefficient (Wildman–Crippen LogP) is 14.0. The molecule has 1 spiro atoms. The molecule has 0 saturated heterocycles. The summed E-state index contributed by atoms with van der Waals surface area (Å²) in [5.41, 5.74) is 20.3. The summed E-state index contributed by atoms with van der Waals surface area (Å²) in [5.74, 6) is 0.623. The minimum atomic E-state index is -0.417. The second kappa shape index (κ2) is 14.3. The number of hydrogen-bond donors (Lipinski definition) is 1. The van der Waals surface area contributed by atoms with Gasteiger partial charge in [-0.05, 0) is 107 Å². The summed E-state index contributed by atoms with van der Waals surface area (Å²) in [6.07, 6.45) is 24.1. The Bertz CT molecular complexity index is 3280. The molecule has 13 rings (SSSR count). The lowest BCUT2D eigenvalue weighted by atomic mass is 9.67. The summed E-state index contributed by atoms with van der Waals surface area (Å²) in [5, 5.41) is 6.45. The fourth-order valence-electron chi connectivity index (χ4n) is 11.9. The molecule has 0 saturated carbocycles. The van der Waals surface area contributed by atoms with Crippen LogP contribution in [0.2, 0.25) is 0 Å². The van der Waals surface area contributed by atoms with Crippen molar-refractivity contribution in [2.75, 3.05) is 0 Å². The highest BCUT2D eigenvalue weighted by atomic mass is 15.1. The molecule has 2 nitrogen and oxygen atoms in total. The molecule has 5 unspecified atom stereocenters. The van der Waals surface area contributed by atoms with E-state index >= 15 is 0 Å². The zero-order valence-corrected chi connectivity index (χ0v) is 34.8. The zero-order valence-electron chi connectivity index (χ0n) is 34.8. The molecule has 0 bridgehead atoms. The van der Waals surface area contributed by atoms with Gasteiger partial charge in [-0.3, -0.25) is 4.99 Å². The number of allylic oxidation sites excluding steroid dienone is 11. The standard InChI is InChI=1S/C61H44N2/c1-4-18-39(19-5-1)56-38-57(40-20-6-2-7-21-40)63-60(62-56)50-35-34-44(46-26-12-13-27-47(46)50)43-32-33-51-54(36-43)61(52-30-16-14-28-48(52)49-29-15-17-31-53(49)61)55-37-42-24-10-11-25-45(42)58(59(51)55)41-22-8-3-9-23-41/h1-28,30-38,44,46,49,60,62H,29H2. The van der Waals surface area contributed by atoms with Crippen molar-refractivity contribution in [2.45, 2.75) is 29.8 Å². The molecule has 7 aromatic rings. The van der Waals surface area contributed by atoms with E-state index in [9.17, 15) is 0 Å². The van der Waals surface area contributed by atoms with Crippen LogP contribution in [0.4, 0.5) is 0 Å². The SMILES string of the molecule is C1=CCC2C(=C1)C1(c3cc(C4C=CC(C5N=C(c6ccccc6)C=C(c6ccccc6)N5)=C5C=CC=CC54)ccc3-c3c1cc1ccccc1c3-c1ccccc1)c1ccccc12.